The van der Waals surface area contributed by atoms with E-state index in [1.165, 1.54) is 18.2 Å². The van der Waals surface area contributed by atoms with Crippen molar-refractivity contribution in [1.29, 1.82) is 5.41 Å². The largest absolute Gasteiger partial charge is 0.478 e. The Hall–Kier alpha value is -3.26. The van der Waals surface area contributed by atoms with Crippen LogP contribution in [0.4, 0.5) is 5.69 Å². The van der Waals surface area contributed by atoms with E-state index < -0.39 is 23.2 Å². The Morgan fingerprint density at radius 2 is 1.93 bits per heavy atom. The summed E-state index contributed by atoms with van der Waals surface area (Å²) in [5, 5.41) is 19.0. The van der Waals surface area contributed by atoms with Crippen molar-refractivity contribution in [3.05, 3.63) is 65.7 Å². The van der Waals surface area contributed by atoms with Gasteiger partial charge in [0.05, 0.1) is 16.5 Å². The number of benzene rings is 2. The molecule has 3 rings (SSSR count). The fourth-order valence-electron chi connectivity index (χ4n) is 2.67. The maximum Gasteiger partial charge on any atom is 0.335 e. The molecule has 1 saturated heterocycles. The Balaban J connectivity index is 1.62. The third kappa shape index (κ3) is 4.72. The van der Waals surface area contributed by atoms with Crippen LogP contribution in [0.1, 0.15) is 22.3 Å². The standard InChI is InChI=1S/C20H17N3O4S/c21-17-15(10-16(24)23-14-8-4-7-13(9-14)19(25)26)28-20(27)18(17)22-11-12-5-2-1-3-6-12/h1-9,11,15,18,21H,10H2,(H,23,24)(H,25,26). The van der Waals surface area contributed by atoms with Crippen LogP contribution >= 0.6 is 11.8 Å². The van der Waals surface area contributed by atoms with E-state index in [4.69, 9.17) is 10.5 Å². The van der Waals surface area contributed by atoms with E-state index in [9.17, 15) is 14.4 Å². The van der Waals surface area contributed by atoms with Crippen molar-refractivity contribution in [2.24, 2.45) is 4.99 Å². The number of hydrogen-bond acceptors (Lipinski definition) is 6. The molecule has 0 spiro atoms. The van der Waals surface area contributed by atoms with Gasteiger partial charge in [-0.25, -0.2) is 4.79 Å². The molecule has 3 N–H and O–H groups in total. The fourth-order valence-corrected chi connectivity index (χ4v) is 3.76. The summed E-state index contributed by atoms with van der Waals surface area (Å²) in [6.45, 7) is 0. The first-order valence-corrected chi connectivity index (χ1v) is 9.32. The molecular weight excluding hydrogens is 378 g/mol. The number of thioether (sulfide) groups is 1. The maximum atomic E-state index is 12.3. The zero-order valence-electron chi connectivity index (χ0n) is 14.7. The summed E-state index contributed by atoms with van der Waals surface area (Å²) >= 11 is 0.932. The quantitative estimate of drug-likeness (QED) is 0.650. The highest BCUT2D eigenvalue weighted by molar-refractivity contribution is 8.15. The SMILES string of the molecule is N=C1C(CC(=O)Nc2cccc(C(=O)O)c2)SC(=O)C1N=Cc1ccccc1. The number of carbonyl (C=O) groups excluding carboxylic acids is 2. The second kappa shape index (κ2) is 8.62. The average Bonchev–Trinajstić information content (AvgIpc) is 2.94. The Morgan fingerprint density at radius 3 is 2.64 bits per heavy atom. The molecule has 0 bridgehead atoms. The van der Waals surface area contributed by atoms with Crippen LogP contribution in [0.3, 0.4) is 0 Å². The van der Waals surface area contributed by atoms with Crippen molar-refractivity contribution >= 4 is 46.4 Å². The Kier molecular flexibility index (Phi) is 6.00. The summed E-state index contributed by atoms with van der Waals surface area (Å²) in [5.74, 6) is -1.49. The monoisotopic (exact) mass is 395 g/mol. The number of rotatable bonds is 6. The molecule has 2 unspecified atom stereocenters. The first kappa shape index (κ1) is 19.5. The van der Waals surface area contributed by atoms with Crippen LogP contribution in [-0.4, -0.2) is 45.3 Å². The summed E-state index contributed by atoms with van der Waals surface area (Å²) in [4.78, 5) is 39.7. The third-order valence-corrected chi connectivity index (χ3v) is 5.22. The molecule has 2 atom stereocenters. The smallest absolute Gasteiger partial charge is 0.335 e. The molecule has 0 radical (unpaired) electrons. The summed E-state index contributed by atoms with van der Waals surface area (Å²) in [7, 11) is 0. The molecule has 142 valence electrons. The number of aromatic carboxylic acids is 1. The number of amides is 1. The molecule has 1 aliphatic heterocycles. The van der Waals surface area contributed by atoms with Crippen LogP contribution in [-0.2, 0) is 9.59 Å². The number of carboxylic acid groups (broad SMARTS) is 1. The van der Waals surface area contributed by atoms with Gasteiger partial charge >= 0.3 is 5.97 Å². The topological polar surface area (TPSA) is 120 Å². The molecule has 1 aliphatic rings. The number of hydrogen-bond donors (Lipinski definition) is 3. The van der Waals surface area contributed by atoms with Crippen molar-refractivity contribution in [2.75, 3.05) is 5.32 Å². The molecule has 1 fully saturated rings. The van der Waals surface area contributed by atoms with E-state index in [0.29, 0.717) is 5.69 Å². The van der Waals surface area contributed by atoms with E-state index in [1.807, 2.05) is 30.3 Å². The molecule has 8 heteroatoms. The zero-order chi connectivity index (χ0) is 20.1. The second-order valence-corrected chi connectivity index (χ2v) is 7.32. The van der Waals surface area contributed by atoms with E-state index >= 15 is 0 Å². The van der Waals surface area contributed by atoms with Gasteiger partial charge in [0, 0.05) is 18.3 Å². The third-order valence-electron chi connectivity index (χ3n) is 4.06. The lowest BCUT2D eigenvalue weighted by Crippen LogP contribution is -2.26. The van der Waals surface area contributed by atoms with Crippen molar-refractivity contribution < 1.29 is 19.5 Å². The van der Waals surface area contributed by atoms with Gasteiger partial charge in [-0.3, -0.25) is 14.6 Å². The van der Waals surface area contributed by atoms with Crippen LogP contribution in [0.25, 0.3) is 0 Å². The van der Waals surface area contributed by atoms with Crippen LogP contribution in [0.2, 0.25) is 0 Å². The number of anilines is 1. The number of carbonyl (C=O) groups is 3. The summed E-state index contributed by atoms with van der Waals surface area (Å²) in [6, 6.07) is 14.3. The van der Waals surface area contributed by atoms with Crippen LogP contribution in [0.5, 0.6) is 0 Å². The molecule has 0 aliphatic carbocycles. The fraction of sp³-hybridized carbons (Fsp3) is 0.150. The predicted octanol–water partition coefficient (Wildman–Crippen LogP) is 2.86. The van der Waals surface area contributed by atoms with E-state index in [2.05, 4.69) is 10.3 Å². The maximum absolute atomic E-state index is 12.3. The first-order chi connectivity index (χ1) is 13.4. The van der Waals surface area contributed by atoms with E-state index in [1.54, 1.807) is 12.3 Å². The Labute approximate surface area is 165 Å². The molecule has 0 aromatic heterocycles. The molecule has 2 aromatic carbocycles. The van der Waals surface area contributed by atoms with Crippen molar-refractivity contribution in [3.63, 3.8) is 0 Å². The van der Waals surface area contributed by atoms with Crippen LogP contribution < -0.4 is 5.32 Å². The minimum Gasteiger partial charge on any atom is -0.478 e. The van der Waals surface area contributed by atoms with Crippen molar-refractivity contribution in [2.45, 2.75) is 17.7 Å². The minimum absolute atomic E-state index is 0.0614. The molecule has 1 amide bonds. The predicted molar refractivity (Wildman–Crippen MR) is 109 cm³/mol. The zero-order valence-corrected chi connectivity index (χ0v) is 15.5. The lowest BCUT2D eigenvalue weighted by atomic mass is 10.1. The van der Waals surface area contributed by atoms with Crippen LogP contribution in [0, 0.1) is 5.41 Å². The number of nitrogens with one attached hydrogen (secondary N) is 2. The second-order valence-electron chi connectivity index (χ2n) is 6.11. The van der Waals surface area contributed by atoms with Gasteiger partial charge in [0.25, 0.3) is 0 Å². The van der Waals surface area contributed by atoms with Gasteiger partial charge in [-0.05, 0) is 23.8 Å². The minimum atomic E-state index is -1.09. The number of nitrogens with zero attached hydrogens (tertiary/aromatic N) is 1. The van der Waals surface area contributed by atoms with Crippen molar-refractivity contribution in [3.8, 4) is 0 Å². The molecule has 28 heavy (non-hydrogen) atoms. The highest BCUT2D eigenvalue weighted by Crippen LogP contribution is 2.30. The number of carboxylic acids is 1. The van der Waals surface area contributed by atoms with E-state index in [0.717, 1.165) is 17.3 Å². The van der Waals surface area contributed by atoms with Crippen molar-refractivity contribution in [1.82, 2.24) is 0 Å². The summed E-state index contributed by atoms with van der Waals surface area (Å²) in [6.07, 6.45) is 1.49. The van der Waals surface area contributed by atoms with Gasteiger partial charge in [-0.15, -0.1) is 0 Å². The van der Waals surface area contributed by atoms with Gasteiger partial charge in [0.2, 0.25) is 11.0 Å². The average molecular weight is 395 g/mol. The lowest BCUT2D eigenvalue weighted by molar-refractivity contribution is -0.116. The lowest BCUT2D eigenvalue weighted by Gasteiger charge is -2.10. The molecule has 1 heterocycles. The number of aliphatic imine (C=N–C) groups is 1. The van der Waals surface area contributed by atoms with Crippen LogP contribution in [0.15, 0.2) is 59.6 Å². The van der Waals surface area contributed by atoms with Gasteiger partial charge in [-0.1, -0.05) is 48.2 Å². The highest BCUT2D eigenvalue weighted by Gasteiger charge is 2.39. The Morgan fingerprint density at radius 1 is 1.18 bits per heavy atom. The molecular formula is C20H17N3O4S. The first-order valence-electron chi connectivity index (χ1n) is 8.44. The summed E-state index contributed by atoms with van der Waals surface area (Å²) < 4.78 is 0. The van der Waals surface area contributed by atoms with Gasteiger partial charge in [-0.2, -0.15) is 0 Å². The molecule has 0 saturated carbocycles. The van der Waals surface area contributed by atoms with E-state index in [-0.39, 0.29) is 22.8 Å². The van der Waals surface area contributed by atoms with Gasteiger partial charge in [0.15, 0.2) is 6.04 Å². The van der Waals surface area contributed by atoms with Gasteiger partial charge < -0.3 is 15.8 Å². The highest BCUT2D eigenvalue weighted by atomic mass is 32.2. The summed E-state index contributed by atoms with van der Waals surface area (Å²) in [5.41, 5.74) is 1.33. The normalized spacial score (nSPS) is 19.1. The molecule has 7 nitrogen and oxygen atoms in total. The van der Waals surface area contributed by atoms with Gasteiger partial charge in [0.1, 0.15) is 0 Å². The molecule has 2 aromatic rings. The Bertz CT molecular complexity index is 959.